The minimum Gasteiger partial charge on any atom is -0.478 e. The molecule has 0 aliphatic carbocycles. The maximum absolute atomic E-state index is 13.3. The van der Waals surface area contributed by atoms with E-state index in [9.17, 15) is 8.42 Å². The molecule has 0 unspecified atom stereocenters. The summed E-state index contributed by atoms with van der Waals surface area (Å²) in [6, 6.07) is 8.99. The number of benzene rings is 1. The molecule has 0 amide bonds. The molecule has 0 saturated carbocycles. The van der Waals surface area contributed by atoms with E-state index in [1.54, 1.807) is 42.1 Å². The molecule has 1 aliphatic rings. The van der Waals surface area contributed by atoms with Gasteiger partial charge >= 0.3 is 0 Å². The van der Waals surface area contributed by atoms with Crippen LogP contribution in [0.3, 0.4) is 0 Å². The molecular formula is C21H25N5O3S. The third-order valence-corrected chi connectivity index (χ3v) is 7.45. The number of rotatable bonds is 6. The lowest BCUT2D eigenvalue weighted by Crippen LogP contribution is -2.41. The number of anilines is 1. The zero-order chi connectivity index (χ0) is 21.1. The van der Waals surface area contributed by atoms with E-state index in [-0.39, 0.29) is 4.90 Å². The van der Waals surface area contributed by atoms with Gasteiger partial charge in [-0.3, -0.25) is 4.98 Å². The second kappa shape index (κ2) is 8.53. The predicted octanol–water partition coefficient (Wildman–Crippen LogP) is 2.57. The molecule has 30 heavy (non-hydrogen) atoms. The summed E-state index contributed by atoms with van der Waals surface area (Å²) in [4.78, 5) is 15.2. The highest BCUT2D eigenvalue weighted by molar-refractivity contribution is 7.89. The molecule has 158 valence electrons. The summed E-state index contributed by atoms with van der Waals surface area (Å²) >= 11 is 0. The van der Waals surface area contributed by atoms with Crippen molar-refractivity contribution >= 4 is 26.7 Å². The second-order valence-electron chi connectivity index (χ2n) is 7.45. The maximum Gasteiger partial charge on any atom is 0.257 e. The van der Waals surface area contributed by atoms with Crippen molar-refractivity contribution in [2.75, 3.05) is 38.7 Å². The van der Waals surface area contributed by atoms with Gasteiger partial charge in [0.1, 0.15) is 4.90 Å². The molecule has 0 N–H and O–H groups in total. The number of piperidine rings is 1. The van der Waals surface area contributed by atoms with Gasteiger partial charge < -0.3 is 9.64 Å². The fourth-order valence-electron chi connectivity index (χ4n) is 3.95. The van der Waals surface area contributed by atoms with Gasteiger partial charge in [-0.2, -0.15) is 4.31 Å². The third-order valence-electron chi connectivity index (χ3n) is 5.52. The molecule has 2 aromatic heterocycles. The van der Waals surface area contributed by atoms with Gasteiger partial charge in [-0.1, -0.05) is 18.2 Å². The number of hydrogen-bond acceptors (Lipinski definition) is 7. The minimum atomic E-state index is -3.59. The highest BCUT2D eigenvalue weighted by atomic mass is 32.2. The van der Waals surface area contributed by atoms with Crippen LogP contribution >= 0.6 is 0 Å². The summed E-state index contributed by atoms with van der Waals surface area (Å²) in [5, 5.41) is 0.827. The van der Waals surface area contributed by atoms with Crippen LogP contribution < -0.4 is 9.64 Å². The minimum absolute atomic E-state index is 0.278. The Hall–Kier alpha value is -2.78. The summed E-state index contributed by atoms with van der Waals surface area (Å²) in [7, 11) is -0.0565. The van der Waals surface area contributed by atoms with E-state index in [2.05, 4.69) is 15.0 Å². The van der Waals surface area contributed by atoms with E-state index in [1.807, 2.05) is 30.1 Å². The smallest absolute Gasteiger partial charge is 0.257 e. The van der Waals surface area contributed by atoms with Crippen LogP contribution in [0.1, 0.15) is 12.8 Å². The fourth-order valence-corrected chi connectivity index (χ4v) is 5.59. The SMILES string of the molecule is COc1nccnc1N(C)CC1CCN(S(=O)(=O)c2cccc3cccnc23)CC1. The van der Waals surface area contributed by atoms with Gasteiger partial charge in [-0.25, -0.2) is 18.4 Å². The molecule has 1 fully saturated rings. The number of methoxy groups -OCH3 is 1. The van der Waals surface area contributed by atoms with E-state index >= 15 is 0 Å². The molecule has 3 heterocycles. The van der Waals surface area contributed by atoms with Crippen LogP contribution in [0.25, 0.3) is 10.9 Å². The molecule has 0 radical (unpaired) electrons. The number of sulfonamides is 1. The number of para-hydroxylation sites is 1. The third kappa shape index (κ3) is 3.95. The van der Waals surface area contributed by atoms with Crippen LogP contribution in [0, 0.1) is 5.92 Å². The van der Waals surface area contributed by atoms with Gasteiger partial charge in [0.15, 0.2) is 5.82 Å². The van der Waals surface area contributed by atoms with Crippen molar-refractivity contribution in [1.29, 1.82) is 0 Å². The zero-order valence-electron chi connectivity index (χ0n) is 17.1. The van der Waals surface area contributed by atoms with Crippen molar-refractivity contribution < 1.29 is 13.2 Å². The molecule has 9 heteroatoms. The number of pyridine rings is 1. The second-order valence-corrected chi connectivity index (χ2v) is 9.35. The topological polar surface area (TPSA) is 88.5 Å². The van der Waals surface area contributed by atoms with Crippen LogP contribution in [-0.2, 0) is 10.0 Å². The van der Waals surface area contributed by atoms with Crippen molar-refractivity contribution in [3.8, 4) is 5.88 Å². The molecular weight excluding hydrogens is 402 g/mol. The van der Waals surface area contributed by atoms with Gasteiger partial charge in [-0.05, 0) is 30.9 Å². The predicted molar refractivity (Wildman–Crippen MR) is 115 cm³/mol. The highest BCUT2D eigenvalue weighted by Crippen LogP contribution is 2.29. The first kappa shape index (κ1) is 20.5. The van der Waals surface area contributed by atoms with Crippen molar-refractivity contribution in [2.24, 2.45) is 5.92 Å². The van der Waals surface area contributed by atoms with Crippen LogP contribution in [0.15, 0.2) is 53.8 Å². The summed E-state index contributed by atoms with van der Waals surface area (Å²) in [6.45, 7) is 1.74. The molecule has 1 aliphatic heterocycles. The van der Waals surface area contributed by atoms with Crippen molar-refractivity contribution in [2.45, 2.75) is 17.7 Å². The first-order valence-corrected chi connectivity index (χ1v) is 11.3. The van der Waals surface area contributed by atoms with Crippen molar-refractivity contribution in [3.05, 3.63) is 48.9 Å². The van der Waals surface area contributed by atoms with Gasteiger partial charge in [0.25, 0.3) is 5.88 Å². The first-order valence-electron chi connectivity index (χ1n) is 9.90. The Balaban J connectivity index is 1.45. The Morgan fingerprint density at radius 2 is 1.80 bits per heavy atom. The molecule has 4 rings (SSSR count). The summed E-state index contributed by atoms with van der Waals surface area (Å²) < 4.78 is 33.4. The van der Waals surface area contributed by atoms with E-state index in [4.69, 9.17) is 4.74 Å². The average Bonchev–Trinajstić information content (AvgIpc) is 2.79. The van der Waals surface area contributed by atoms with E-state index in [1.165, 1.54) is 0 Å². The maximum atomic E-state index is 13.3. The average molecular weight is 428 g/mol. The van der Waals surface area contributed by atoms with Crippen LogP contribution in [-0.4, -0.2) is 61.5 Å². The lowest BCUT2D eigenvalue weighted by atomic mass is 9.98. The molecule has 1 saturated heterocycles. The fraction of sp³-hybridized carbons (Fsp3) is 0.381. The molecule has 0 spiro atoms. The quantitative estimate of drug-likeness (QED) is 0.597. The van der Waals surface area contributed by atoms with Gasteiger partial charge in [0.05, 0.1) is 12.6 Å². The van der Waals surface area contributed by atoms with Crippen LogP contribution in [0.2, 0.25) is 0 Å². The van der Waals surface area contributed by atoms with Crippen LogP contribution in [0.4, 0.5) is 5.82 Å². The van der Waals surface area contributed by atoms with Gasteiger partial charge in [-0.15, -0.1) is 0 Å². The molecule has 0 atom stereocenters. The summed E-state index contributed by atoms with van der Waals surface area (Å²) in [6.07, 6.45) is 6.43. The zero-order valence-corrected chi connectivity index (χ0v) is 17.9. The Morgan fingerprint density at radius 1 is 1.07 bits per heavy atom. The van der Waals surface area contributed by atoms with E-state index in [0.29, 0.717) is 36.2 Å². The number of nitrogens with zero attached hydrogens (tertiary/aromatic N) is 5. The lowest BCUT2D eigenvalue weighted by molar-refractivity contribution is 0.276. The normalized spacial score (nSPS) is 15.9. The highest BCUT2D eigenvalue weighted by Gasteiger charge is 2.31. The molecule has 1 aromatic carbocycles. The lowest BCUT2D eigenvalue weighted by Gasteiger charge is -2.33. The largest absolute Gasteiger partial charge is 0.478 e. The van der Waals surface area contributed by atoms with Crippen LogP contribution in [0.5, 0.6) is 5.88 Å². The summed E-state index contributed by atoms with van der Waals surface area (Å²) in [5.74, 6) is 1.54. The number of hydrogen-bond donors (Lipinski definition) is 0. The Labute approximate surface area is 176 Å². The van der Waals surface area contributed by atoms with E-state index < -0.39 is 10.0 Å². The van der Waals surface area contributed by atoms with Crippen molar-refractivity contribution in [3.63, 3.8) is 0 Å². The van der Waals surface area contributed by atoms with E-state index in [0.717, 1.165) is 24.8 Å². The summed E-state index contributed by atoms with van der Waals surface area (Å²) in [5.41, 5.74) is 0.525. The van der Waals surface area contributed by atoms with Crippen molar-refractivity contribution in [1.82, 2.24) is 19.3 Å². The molecule has 3 aromatic rings. The first-order chi connectivity index (χ1) is 14.5. The Kier molecular flexibility index (Phi) is 5.83. The van der Waals surface area contributed by atoms with Gasteiger partial charge in [0.2, 0.25) is 10.0 Å². The molecule has 0 bridgehead atoms. The monoisotopic (exact) mass is 427 g/mol. The van der Waals surface area contributed by atoms with Gasteiger partial charge in [0, 0.05) is 50.7 Å². The standard InChI is InChI=1S/C21H25N5O3S/c1-25(20-21(29-2)24-12-11-23-20)15-16-8-13-26(14-9-16)30(27,28)18-7-3-5-17-6-4-10-22-19(17)18/h3-7,10-12,16H,8-9,13-15H2,1-2H3. The Bertz CT molecular complexity index is 1120. The number of aromatic nitrogens is 3. The number of fused-ring (bicyclic) bond motifs is 1. The number of ether oxygens (including phenoxy) is 1. The Morgan fingerprint density at radius 3 is 2.57 bits per heavy atom. The molecule has 8 nitrogen and oxygen atoms in total.